The Kier molecular flexibility index (Phi) is 7.77. The SMILES string of the molecule is CCCCCCOC(=O)/N=N/C(=O)OC1CCCC1. The molecule has 0 atom stereocenters. The summed E-state index contributed by atoms with van der Waals surface area (Å²) < 4.78 is 9.81. The van der Waals surface area contributed by atoms with Gasteiger partial charge < -0.3 is 9.47 Å². The van der Waals surface area contributed by atoms with Crippen LogP contribution in [0, 0.1) is 0 Å². The summed E-state index contributed by atoms with van der Waals surface area (Å²) in [6.07, 6.45) is 6.21. The summed E-state index contributed by atoms with van der Waals surface area (Å²) >= 11 is 0. The largest absolute Gasteiger partial charge is 0.452 e. The molecule has 2 amide bonds. The van der Waals surface area contributed by atoms with Crippen LogP contribution in [0.2, 0.25) is 0 Å². The Labute approximate surface area is 113 Å². The highest BCUT2D eigenvalue weighted by molar-refractivity contribution is 5.73. The second-order valence-electron chi connectivity index (χ2n) is 4.67. The van der Waals surface area contributed by atoms with Crippen molar-refractivity contribution in [3.63, 3.8) is 0 Å². The Bertz CT molecular complexity index is 312. The number of hydrogen-bond acceptors (Lipinski definition) is 4. The first-order valence-corrected chi connectivity index (χ1v) is 7.01. The number of ether oxygens (including phenoxy) is 2. The lowest BCUT2D eigenvalue weighted by atomic mass is 10.2. The first-order valence-electron chi connectivity index (χ1n) is 7.01. The van der Waals surface area contributed by atoms with Gasteiger partial charge in [0.1, 0.15) is 6.10 Å². The highest BCUT2D eigenvalue weighted by Gasteiger charge is 2.19. The van der Waals surface area contributed by atoms with Crippen molar-refractivity contribution in [2.75, 3.05) is 6.61 Å². The van der Waals surface area contributed by atoms with E-state index in [2.05, 4.69) is 17.2 Å². The fourth-order valence-electron chi connectivity index (χ4n) is 1.97. The molecule has 1 aliphatic rings. The van der Waals surface area contributed by atoms with Crippen molar-refractivity contribution >= 4 is 12.2 Å². The second kappa shape index (κ2) is 9.47. The van der Waals surface area contributed by atoms with Crippen LogP contribution >= 0.6 is 0 Å². The van der Waals surface area contributed by atoms with Gasteiger partial charge in [0.25, 0.3) is 0 Å². The van der Waals surface area contributed by atoms with E-state index >= 15 is 0 Å². The number of amides is 2. The van der Waals surface area contributed by atoms with Crippen LogP contribution in [0.3, 0.4) is 0 Å². The third-order valence-electron chi connectivity index (χ3n) is 3.01. The summed E-state index contributed by atoms with van der Waals surface area (Å²) in [5.74, 6) is 0. The van der Waals surface area contributed by atoms with E-state index in [1.807, 2.05) is 0 Å². The molecule has 0 spiro atoms. The summed E-state index contributed by atoms with van der Waals surface area (Å²) in [4.78, 5) is 22.4. The summed E-state index contributed by atoms with van der Waals surface area (Å²) in [5.41, 5.74) is 0. The number of unbranched alkanes of at least 4 members (excludes halogenated alkanes) is 3. The minimum atomic E-state index is -0.833. The molecule has 0 aliphatic heterocycles. The lowest BCUT2D eigenvalue weighted by Crippen LogP contribution is -2.11. The molecule has 19 heavy (non-hydrogen) atoms. The number of carbonyl (C=O) groups excluding carboxylic acids is 2. The molecule has 0 heterocycles. The van der Waals surface area contributed by atoms with Gasteiger partial charge in [-0.05, 0) is 32.1 Å². The van der Waals surface area contributed by atoms with Gasteiger partial charge in [0.15, 0.2) is 0 Å². The van der Waals surface area contributed by atoms with Crippen molar-refractivity contribution in [2.45, 2.75) is 64.4 Å². The molecular weight excluding hydrogens is 248 g/mol. The van der Waals surface area contributed by atoms with E-state index < -0.39 is 12.2 Å². The van der Waals surface area contributed by atoms with Gasteiger partial charge in [-0.1, -0.05) is 36.4 Å². The second-order valence-corrected chi connectivity index (χ2v) is 4.67. The molecule has 1 aliphatic carbocycles. The Hall–Kier alpha value is -1.46. The summed E-state index contributed by atoms with van der Waals surface area (Å²) in [6.45, 7) is 2.42. The van der Waals surface area contributed by atoms with Crippen LogP contribution in [0.15, 0.2) is 10.2 Å². The van der Waals surface area contributed by atoms with Gasteiger partial charge in [0, 0.05) is 0 Å². The molecule has 0 aromatic heterocycles. The molecular formula is C13H22N2O4. The highest BCUT2D eigenvalue weighted by Crippen LogP contribution is 2.21. The van der Waals surface area contributed by atoms with Crippen LogP contribution in [-0.2, 0) is 9.47 Å². The Morgan fingerprint density at radius 2 is 1.74 bits per heavy atom. The normalized spacial score (nSPS) is 15.8. The summed E-state index contributed by atoms with van der Waals surface area (Å²) in [5, 5.41) is 6.37. The van der Waals surface area contributed by atoms with Crippen LogP contribution in [0.4, 0.5) is 9.59 Å². The maximum atomic E-state index is 11.2. The molecule has 1 rings (SSSR count). The first kappa shape index (κ1) is 15.6. The number of nitrogens with zero attached hydrogens (tertiary/aromatic N) is 2. The maximum Gasteiger partial charge on any atom is 0.452 e. The van der Waals surface area contributed by atoms with E-state index in [4.69, 9.17) is 9.47 Å². The molecule has 0 aromatic carbocycles. The fraction of sp³-hybridized carbons (Fsp3) is 0.846. The quantitative estimate of drug-likeness (QED) is 0.534. The Morgan fingerprint density at radius 3 is 2.42 bits per heavy atom. The minimum Gasteiger partial charge on any atom is -0.447 e. The standard InChI is InChI=1S/C13H22N2O4/c1-2-3-4-7-10-18-12(16)14-15-13(17)19-11-8-5-6-9-11/h11H,2-10H2,1H3/b15-14+. The Morgan fingerprint density at radius 1 is 1.05 bits per heavy atom. The predicted octanol–water partition coefficient (Wildman–Crippen LogP) is 4.23. The zero-order chi connectivity index (χ0) is 13.9. The van der Waals surface area contributed by atoms with E-state index in [0.717, 1.165) is 51.4 Å². The molecule has 0 radical (unpaired) electrons. The molecule has 0 aromatic rings. The number of azo groups is 1. The zero-order valence-corrected chi connectivity index (χ0v) is 11.5. The fourth-order valence-corrected chi connectivity index (χ4v) is 1.97. The van der Waals surface area contributed by atoms with Gasteiger partial charge in [-0.25, -0.2) is 9.59 Å². The monoisotopic (exact) mass is 270 g/mol. The smallest absolute Gasteiger partial charge is 0.447 e. The van der Waals surface area contributed by atoms with Crippen molar-refractivity contribution in [1.82, 2.24) is 0 Å². The molecule has 6 nitrogen and oxygen atoms in total. The first-order chi connectivity index (χ1) is 9.22. The van der Waals surface area contributed by atoms with Gasteiger partial charge in [-0.2, -0.15) is 0 Å². The van der Waals surface area contributed by atoms with E-state index in [1.165, 1.54) is 0 Å². The van der Waals surface area contributed by atoms with Gasteiger partial charge in [0.2, 0.25) is 0 Å². The molecule has 0 N–H and O–H groups in total. The Balaban J connectivity index is 2.09. The van der Waals surface area contributed by atoms with Crippen LogP contribution in [-0.4, -0.2) is 24.9 Å². The van der Waals surface area contributed by atoms with E-state index in [-0.39, 0.29) is 6.10 Å². The van der Waals surface area contributed by atoms with Gasteiger partial charge in [-0.15, -0.1) is 0 Å². The molecule has 0 unspecified atom stereocenters. The molecule has 0 saturated heterocycles. The highest BCUT2D eigenvalue weighted by atomic mass is 16.6. The minimum absolute atomic E-state index is 0.0727. The lowest BCUT2D eigenvalue weighted by molar-refractivity contribution is 0.107. The maximum absolute atomic E-state index is 11.2. The van der Waals surface area contributed by atoms with Crippen molar-refractivity contribution in [1.29, 1.82) is 0 Å². The molecule has 6 heteroatoms. The predicted molar refractivity (Wildman–Crippen MR) is 69.1 cm³/mol. The molecule has 0 bridgehead atoms. The summed E-state index contributed by atoms with van der Waals surface area (Å²) in [6, 6.07) is 0. The molecule has 1 saturated carbocycles. The van der Waals surface area contributed by atoms with Crippen LogP contribution in [0.1, 0.15) is 58.3 Å². The van der Waals surface area contributed by atoms with Gasteiger partial charge in [-0.3, -0.25) is 0 Å². The van der Waals surface area contributed by atoms with Crippen molar-refractivity contribution in [3.8, 4) is 0 Å². The molecule has 108 valence electrons. The van der Waals surface area contributed by atoms with Crippen LogP contribution < -0.4 is 0 Å². The third kappa shape index (κ3) is 7.54. The molecule has 1 fully saturated rings. The van der Waals surface area contributed by atoms with Gasteiger partial charge >= 0.3 is 12.2 Å². The van der Waals surface area contributed by atoms with E-state index in [9.17, 15) is 9.59 Å². The number of carbonyl (C=O) groups is 2. The third-order valence-corrected chi connectivity index (χ3v) is 3.01. The van der Waals surface area contributed by atoms with E-state index in [0.29, 0.717) is 6.61 Å². The van der Waals surface area contributed by atoms with Crippen LogP contribution in [0.5, 0.6) is 0 Å². The van der Waals surface area contributed by atoms with Crippen molar-refractivity contribution in [3.05, 3.63) is 0 Å². The average molecular weight is 270 g/mol. The van der Waals surface area contributed by atoms with Crippen molar-refractivity contribution in [2.24, 2.45) is 10.2 Å². The number of rotatable bonds is 6. The van der Waals surface area contributed by atoms with Crippen molar-refractivity contribution < 1.29 is 19.1 Å². The zero-order valence-electron chi connectivity index (χ0n) is 11.5. The average Bonchev–Trinajstić information content (AvgIpc) is 2.89. The topological polar surface area (TPSA) is 77.3 Å². The summed E-state index contributed by atoms with van der Waals surface area (Å²) in [7, 11) is 0. The van der Waals surface area contributed by atoms with Gasteiger partial charge in [0.05, 0.1) is 6.61 Å². The van der Waals surface area contributed by atoms with E-state index in [1.54, 1.807) is 0 Å². The number of hydrogen-bond donors (Lipinski definition) is 0. The lowest BCUT2D eigenvalue weighted by Gasteiger charge is -2.06. The van der Waals surface area contributed by atoms with Crippen LogP contribution in [0.25, 0.3) is 0 Å².